The zero-order valence-corrected chi connectivity index (χ0v) is 13.7. The number of methoxy groups -OCH3 is 1. The minimum absolute atomic E-state index is 0.0146. The minimum Gasteiger partial charge on any atom is -0.497 e. The molecule has 6 heteroatoms. The van der Waals surface area contributed by atoms with Gasteiger partial charge in [0.15, 0.2) is 0 Å². The number of fused-ring (bicyclic) bond motifs is 1. The van der Waals surface area contributed by atoms with Crippen LogP contribution in [0, 0.1) is 10.1 Å². The summed E-state index contributed by atoms with van der Waals surface area (Å²) in [5.74, 6) is 0.286. The summed E-state index contributed by atoms with van der Waals surface area (Å²) in [6.45, 7) is 1.97. The van der Waals surface area contributed by atoms with E-state index < -0.39 is 10.9 Å². The van der Waals surface area contributed by atoms with Crippen molar-refractivity contribution in [1.82, 2.24) is 0 Å². The number of carbonyl (C=O) groups is 1. The van der Waals surface area contributed by atoms with Crippen LogP contribution in [0.5, 0.6) is 5.75 Å². The summed E-state index contributed by atoms with van der Waals surface area (Å²) in [5, 5.41) is 13.1. The summed E-state index contributed by atoms with van der Waals surface area (Å²) in [4.78, 5) is 22.2. The molecule has 0 aliphatic rings. The fourth-order valence-electron chi connectivity index (χ4n) is 2.40. The smallest absolute Gasteiger partial charge is 0.306 e. The highest BCUT2D eigenvalue weighted by molar-refractivity contribution is 5.91. The second-order valence-corrected chi connectivity index (χ2v) is 5.13. The van der Waals surface area contributed by atoms with Crippen LogP contribution in [-0.2, 0) is 9.53 Å². The molecular weight excluding hydrogens is 310 g/mol. The van der Waals surface area contributed by atoms with Crippen molar-refractivity contribution >= 4 is 22.8 Å². The van der Waals surface area contributed by atoms with Gasteiger partial charge in [-0.1, -0.05) is 24.3 Å². The van der Waals surface area contributed by atoms with Gasteiger partial charge in [-0.2, -0.15) is 0 Å². The molecule has 0 radical (unpaired) electrons. The van der Waals surface area contributed by atoms with Gasteiger partial charge in [0, 0.05) is 12.5 Å². The molecule has 0 unspecified atom stereocenters. The number of allylic oxidation sites excluding steroid dienone is 1. The van der Waals surface area contributed by atoms with Gasteiger partial charge in [0.25, 0.3) is 0 Å². The second-order valence-electron chi connectivity index (χ2n) is 5.13. The highest BCUT2D eigenvalue weighted by Crippen LogP contribution is 2.26. The van der Waals surface area contributed by atoms with Crippen LogP contribution >= 0.6 is 0 Å². The summed E-state index contributed by atoms with van der Waals surface area (Å²) in [5.41, 5.74) is 0.706. The van der Waals surface area contributed by atoms with Crippen molar-refractivity contribution in [3.05, 3.63) is 57.8 Å². The van der Waals surface area contributed by atoms with Crippen LogP contribution in [-0.4, -0.2) is 24.6 Å². The third-order valence-corrected chi connectivity index (χ3v) is 3.57. The average molecular weight is 329 g/mol. The number of ether oxygens (including phenoxy) is 2. The highest BCUT2D eigenvalue weighted by atomic mass is 16.6. The number of nitro groups is 1. The Labute approximate surface area is 139 Å². The van der Waals surface area contributed by atoms with Crippen molar-refractivity contribution in [2.45, 2.75) is 19.8 Å². The monoisotopic (exact) mass is 329 g/mol. The second kappa shape index (κ2) is 8.10. The van der Waals surface area contributed by atoms with Crippen molar-refractivity contribution < 1.29 is 19.2 Å². The average Bonchev–Trinajstić information content (AvgIpc) is 2.58. The Hall–Kier alpha value is -2.89. The Kier molecular flexibility index (Phi) is 5.89. The van der Waals surface area contributed by atoms with Gasteiger partial charge < -0.3 is 9.47 Å². The molecule has 0 saturated heterocycles. The van der Waals surface area contributed by atoms with E-state index in [0.29, 0.717) is 0 Å². The van der Waals surface area contributed by atoms with E-state index in [4.69, 9.17) is 9.47 Å². The molecule has 2 rings (SSSR count). The molecule has 0 aromatic heterocycles. The quantitative estimate of drug-likeness (QED) is 0.438. The lowest BCUT2D eigenvalue weighted by Gasteiger charge is -2.06. The molecule has 0 bridgehead atoms. The Morgan fingerprint density at radius 3 is 2.71 bits per heavy atom. The molecule has 0 aliphatic heterocycles. The number of esters is 1. The van der Waals surface area contributed by atoms with Crippen LogP contribution in [0.4, 0.5) is 0 Å². The van der Waals surface area contributed by atoms with E-state index in [-0.39, 0.29) is 25.1 Å². The maximum atomic E-state index is 11.4. The van der Waals surface area contributed by atoms with Crippen LogP contribution in [0.2, 0.25) is 0 Å². The fourth-order valence-corrected chi connectivity index (χ4v) is 2.40. The molecule has 2 aromatic rings. The number of rotatable bonds is 7. The zero-order chi connectivity index (χ0) is 17.5. The number of nitrogens with zero attached hydrogens (tertiary/aromatic N) is 1. The summed E-state index contributed by atoms with van der Waals surface area (Å²) in [7, 11) is 1.59. The summed E-state index contributed by atoms with van der Waals surface area (Å²) < 4.78 is 10.0. The molecule has 0 amide bonds. The van der Waals surface area contributed by atoms with Gasteiger partial charge in [0.05, 0.1) is 25.1 Å². The first-order chi connectivity index (χ1) is 11.5. The van der Waals surface area contributed by atoms with E-state index in [2.05, 4.69) is 0 Å². The number of hydrogen-bond donors (Lipinski definition) is 0. The van der Waals surface area contributed by atoms with Gasteiger partial charge >= 0.3 is 5.97 Å². The molecule has 0 N–H and O–H groups in total. The first-order valence-corrected chi connectivity index (χ1v) is 7.62. The molecule has 0 atom stereocenters. The van der Waals surface area contributed by atoms with Gasteiger partial charge in [0.2, 0.25) is 5.70 Å². The summed E-state index contributed by atoms with van der Waals surface area (Å²) in [6, 6.07) is 11.1. The van der Waals surface area contributed by atoms with E-state index in [1.807, 2.05) is 36.4 Å². The van der Waals surface area contributed by atoms with Crippen molar-refractivity contribution in [3.63, 3.8) is 0 Å². The molecule has 0 spiro atoms. The molecule has 0 heterocycles. The normalized spacial score (nSPS) is 11.3. The van der Waals surface area contributed by atoms with Crippen LogP contribution in [0.3, 0.4) is 0 Å². The largest absolute Gasteiger partial charge is 0.497 e. The van der Waals surface area contributed by atoms with E-state index >= 15 is 0 Å². The van der Waals surface area contributed by atoms with Crippen molar-refractivity contribution in [1.29, 1.82) is 0 Å². The molecule has 126 valence electrons. The Balaban J connectivity index is 2.33. The van der Waals surface area contributed by atoms with Crippen molar-refractivity contribution in [2.75, 3.05) is 13.7 Å². The summed E-state index contributed by atoms with van der Waals surface area (Å²) >= 11 is 0. The van der Waals surface area contributed by atoms with Gasteiger partial charge in [0.1, 0.15) is 5.75 Å². The number of hydrogen-bond acceptors (Lipinski definition) is 5. The van der Waals surface area contributed by atoms with Gasteiger partial charge in [-0.05, 0) is 35.4 Å². The first kappa shape index (κ1) is 17.5. The van der Waals surface area contributed by atoms with E-state index in [9.17, 15) is 14.9 Å². The predicted molar refractivity (Wildman–Crippen MR) is 91.3 cm³/mol. The lowest BCUT2D eigenvalue weighted by molar-refractivity contribution is -0.426. The molecule has 2 aromatic carbocycles. The molecule has 24 heavy (non-hydrogen) atoms. The molecule has 0 saturated carbocycles. The van der Waals surface area contributed by atoms with E-state index in [0.717, 1.165) is 22.1 Å². The zero-order valence-electron chi connectivity index (χ0n) is 13.7. The van der Waals surface area contributed by atoms with Crippen LogP contribution in [0.1, 0.15) is 25.3 Å². The maximum absolute atomic E-state index is 11.4. The molecule has 0 aliphatic carbocycles. The fraction of sp³-hybridized carbons (Fsp3) is 0.278. The first-order valence-electron chi connectivity index (χ1n) is 7.62. The van der Waals surface area contributed by atoms with Crippen molar-refractivity contribution in [3.8, 4) is 5.75 Å². The lowest BCUT2D eigenvalue weighted by Crippen LogP contribution is -2.07. The van der Waals surface area contributed by atoms with Crippen LogP contribution in [0.15, 0.2) is 42.1 Å². The Bertz CT molecular complexity index is 782. The van der Waals surface area contributed by atoms with Crippen molar-refractivity contribution in [2.24, 2.45) is 0 Å². The van der Waals surface area contributed by atoms with Crippen LogP contribution < -0.4 is 4.74 Å². The van der Waals surface area contributed by atoms with Gasteiger partial charge in [-0.3, -0.25) is 14.9 Å². The Morgan fingerprint density at radius 2 is 2.04 bits per heavy atom. The minimum atomic E-state index is -0.457. The third-order valence-electron chi connectivity index (χ3n) is 3.57. The lowest BCUT2D eigenvalue weighted by atomic mass is 10.0. The van der Waals surface area contributed by atoms with Gasteiger partial charge in [-0.15, -0.1) is 0 Å². The molecular formula is C18H19NO5. The summed E-state index contributed by atoms with van der Waals surface area (Å²) in [6.07, 6.45) is 1.52. The molecule has 6 nitrogen and oxygen atoms in total. The van der Waals surface area contributed by atoms with E-state index in [1.54, 1.807) is 14.0 Å². The standard InChI is InChI=1S/C18H19NO5/c1-3-24-18(20)10-7-15(19(21)22)11-13-5-4-6-14-12-16(23-2)8-9-17(13)14/h4-6,8-9,11-12H,3,7,10H2,1-2H3. The topological polar surface area (TPSA) is 78.7 Å². The predicted octanol–water partition coefficient (Wildman–Crippen LogP) is 3.81. The third kappa shape index (κ3) is 4.32. The number of carbonyl (C=O) groups excluding carboxylic acids is 1. The maximum Gasteiger partial charge on any atom is 0.306 e. The Morgan fingerprint density at radius 1 is 1.25 bits per heavy atom. The number of benzene rings is 2. The van der Waals surface area contributed by atoms with E-state index in [1.165, 1.54) is 6.08 Å². The highest BCUT2D eigenvalue weighted by Gasteiger charge is 2.15. The van der Waals surface area contributed by atoms with Gasteiger partial charge in [-0.25, -0.2) is 0 Å². The molecule has 0 fully saturated rings. The van der Waals surface area contributed by atoms with Crippen LogP contribution in [0.25, 0.3) is 16.8 Å². The SMILES string of the molecule is CCOC(=O)CCC(=Cc1cccc2cc(OC)ccc12)[N+](=O)[O-].